The van der Waals surface area contributed by atoms with E-state index in [-0.39, 0.29) is 5.91 Å². The second-order valence-corrected chi connectivity index (χ2v) is 5.90. The SMILES string of the molecule is O=C(CCCn1cncn1)N1CC(c2nc3ccccc3[nH]2)C1. The Bertz CT molecular complexity index is 770. The van der Waals surface area contributed by atoms with E-state index in [0.717, 1.165) is 42.9 Å². The van der Waals surface area contributed by atoms with Crippen LogP contribution in [0.2, 0.25) is 0 Å². The van der Waals surface area contributed by atoms with Gasteiger partial charge < -0.3 is 9.88 Å². The standard InChI is InChI=1S/C16H18N6O/c23-15(6-3-7-22-11-17-10-18-22)21-8-12(9-21)16-19-13-4-1-2-5-14(13)20-16/h1-2,4-5,10-12H,3,6-9H2,(H,19,20). The zero-order valence-electron chi connectivity index (χ0n) is 12.7. The number of para-hydroxylation sites is 2. The third kappa shape index (κ3) is 2.81. The molecule has 1 fully saturated rings. The second-order valence-electron chi connectivity index (χ2n) is 5.90. The summed E-state index contributed by atoms with van der Waals surface area (Å²) in [6, 6.07) is 8.01. The molecule has 3 aromatic rings. The minimum absolute atomic E-state index is 0.206. The number of imidazole rings is 1. The summed E-state index contributed by atoms with van der Waals surface area (Å²) in [5, 5.41) is 4.03. The van der Waals surface area contributed by atoms with Crippen molar-refractivity contribution in [1.82, 2.24) is 29.6 Å². The van der Waals surface area contributed by atoms with Crippen LogP contribution in [-0.2, 0) is 11.3 Å². The van der Waals surface area contributed by atoms with E-state index in [1.807, 2.05) is 29.2 Å². The molecule has 0 bridgehead atoms. The van der Waals surface area contributed by atoms with Gasteiger partial charge in [-0.2, -0.15) is 5.10 Å². The van der Waals surface area contributed by atoms with Gasteiger partial charge in [-0.1, -0.05) is 12.1 Å². The molecule has 118 valence electrons. The van der Waals surface area contributed by atoms with E-state index < -0.39 is 0 Å². The lowest BCUT2D eigenvalue weighted by Gasteiger charge is -2.38. The zero-order valence-corrected chi connectivity index (χ0v) is 12.7. The van der Waals surface area contributed by atoms with Crippen molar-refractivity contribution in [3.8, 4) is 0 Å². The molecule has 0 spiro atoms. The summed E-state index contributed by atoms with van der Waals surface area (Å²) in [4.78, 5) is 25.9. The monoisotopic (exact) mass is 310 g/mol. The zero-order chi connectivity index (χ0) is 15.6. The molecule has 1 aliphatic heterocycles. The number of fused-ring (bicyclic) bond motifs is 1. The van der Waals surface area contributed by atoms with Gasteiger partial charge in [0.2, 0.25) is 5.91 Å². The van der Waals surface area contributed by atoms with Gasteiger partial charge in [-0.3, -0.25) is 9.48 Å². The molecule has 3 heterocycles. The summed E-state index contributed by atoms with van der Waals surface area (Å²) >= 11 is 0. The largest absolute Gasteiger partial charge is 0.342 e. The Morgan fingerprint density at radius 1 is 1.30 bits per heavy atom. The van der Waals surface area contributed by atoms with Crippen LogP contribution in [0.25, 0.3) is 11.0 Å². The number of nitrogens with one attached hydrogen (secondary N) is 1. The van der Waals surface area contributed by atoms with E-state index in [1.54, 1.807) is 11.0 Å². The lowest BCUT2D eigenvalue weighted by Crippen LogP contribution is -2.48. The predicted octanol–water partition coefficient (Wildman–Crippen LogP) is 1.56. The predicted molar refractivity (Wildman–Crippen MR) is 84.7 cm³/mol. The van der Waals surface area contributed by atoms with E-state index in [9.17, 15) is 4.79 Å². The third-order valence-electron chi connectivity index (χ3n) is 4.27. The normalized spacial score (nSPS) is 15.0. The number of hydrogen-bond donors (Lipinski definition) is 1. The first-order valence-corrected chi connectivity index (χ1v) is 7.84. The Morgan fingerprint density at radius 3 is 2.96 bits per heavy atom. The van der Waals surface area contributed by atoms with Crippen LogP contribution in [-0.4, -0.2) is 48.6 Å². The third-order valence-corrected chi connectivity index (χ3v) is 4.27. The number of rotatable bonds is 5. The number of aromatic amines is 1. The number of H-pyrrole nitrogens is 1. The molecule has 0 aliphatic carbocycles. The molecule has 7 nitrogen and oxygen atoms in total. The molecule has 1 aliphatic rings. The molecule has 0 radical (unpaired) electrons. The molecule has 2 aromatic heterocycles. The van der Waals surface area contributed by atoms with Gasteiger partial charge in [0.05, 0.1) is 17.0 Å². The molecular formula is C16H18N6O. The molecule has 1 aromatic carbocycles. The molecule has 4 rings (SSSR count). The van der Waals surface area contributed by atoms with Crippen LogP contribution < -0.4 is 0 Å². The van der Waals surface area contributed by atoms with Crippen LogP contribution in [0, 0.1) is 0 Å². The van der Waals surface area contributed by atoms with Crippen molar-refractivity contribution in [2.75, 3.05) is 13.1 Å². The average Bonchev–Trinajstić information content (AvgIpc) is 3.14. The number of nitrogens with zero attached hydrogens (tertiary/aromatic N) is 5. The van der Waals surface area contributed by atoms with Crippen molar-refractivity contribution in [2.45, 2.75) is 25.3 Å². The Hall–Kier alpha value is -2.70. The smallest absolute Gasteiger partial charge is 0.222 e. The number of aromatic nitrogens is 5. The molecule has 0 atom stereocenters. The average molecular weight is 310 g/mol. The molecular weight excluding hydrogens is 292 g/mol. The Kier molecular flexibility index (Phi) is 3.53. The molecule has 1 N–H and O–H groups in total. The van der Waals surface area contributed by atoms with Gasteiger partial charge in [0.1, 0.15) is 18.5 Å². The van der Waals surface area contributed by atoms with E-state index in [1.165, 1.54) is 6.33 Å². The van der Waals surface area contributed by atoms with Crippen LogP contribution in [0.4, 0.5) is 0 Å². The van der Waals surface area contributed by atoms with Crippen LogP contribution in [0.1, 0.15) is 24.6 Å². The fraction of sp³-hybridized carbons (Fsp3) is 0.375. The van der Waals surface area contributed by atoms with Gasteiger partial charge in [-0.25, -0.2) is 9.97 Å². The summed E-state index contributed by atoms with van der Waals surface area (Å²) in [6.45, 7) is 2.23. The maximum atomic E-state index is 12.2. The van der Waals surface area contributed by atoms with Crippen LogP contribution in [0.5, 0.6) is 0 Å². The van der Waals surface area contributed by atoms with Crippen molar-refractivity contribution in [3.05, 3.63) is 42.7 Å². The topological polar surface area (TPSA) is 79.7 Å². The van der Waals surface area contributed by atoms with Gasteiger partial charge in [-0.05, 0) is 18.6 Å². The fourth-order valence-corrected chi connectivity index (χ4v) is 2.92. The molecule has 1 amide bonds. The fourth-order valence-electron chi connectivity index (χ4n) is 2.92. The highest BCUT2D eigenvalue weighted by Crippen LogP contribution is 2.27. The number of hydrogen-bond acceptors (Lipinski definition) is 4. The van der Waals surface area contributed by atoms with Crippen molar-refractivity contribution in [2.24, 2.45) is 0 Å². The van der Waals surface area contributed by atoms with Gasteiger partial charge in [0.15, 0.2) is 0 Å². The maximum Gasteiger partial charge on any atom is 0.222 e. The molecule has 7 heteroatoms. The van der Waals surface area contributed by atoms with Crippen molar-refractivity contribution in [1.29, 1.82) is 0 Å². The number of likely N-dealkylation sites (tertiary alicyclic amines) is 1. The summed E-state index contributed by atoms with van der Waals surface area (Å²) in [7, 11) is 0. The van der Waals surface area contributed by atoms with E-state index in [0.29, 0.717) is 12.3 Å². The van der Waals surface area contributed by atoms with Gasteiger partial charge >= 0.3 is 0 Å². The quantitative estimate of drug-likeness (QED) is 0.775. The number of carbonyl (C=O) groups is 1. The molecule has 1 saturated heterocycles. The minimum atomic E-state index is 0.206. The number of aryl methyl sites for hydroxylation is 1. The molecule has 0 saturated carbocycles. The van der Waals surface area contributed by atoms with Crippen LogP contribution in [0.3, 0.4) is 0 Å². The summed E-state index contributed by atoms with van der Waals surface area (Å²) < 4.78 is 1.75. The van der Waals surface area contributed by atoms with Crippen molar-refractivity contribution in [3.63, 3.8) is 0 Å². The van der Waals surface area contributed by atoms with Crippen LogP contribution >= 0.6 is 0 Å². The lowest BCUT2D eigenvalue weighted by molar-refractivity contribution is -0.135. The van der Waals surface area contributed by atoms with E-state index in [2.05, 4.69) is 20.1 Å². The first kappa shape index (κ1) is 13.9. The Balaban J connectivity index is 1.28. The Labute approximate surface area is 133 Å². The molecule has 0 unspecified atom stereocenters. The highest BCUT2D eigenvalue weighted by atomic mass is 16.2. The summed E-state index contributed by atoms with van der Waals surface area (Å²) in [5.41, 5.74) is 2.04. The minimum Gasteiger partial charge on any atom is -0.342 e. The maximum absolute atomic E-state index is 12.2. The lowest BCUT2D eigenvalue weighted by atomic mass is 9.99. The van der Waals surface area contributed by atoms with E-state index >= 15 is 0 Å². The first-order valence-electron chi connectivity index (χ1n) is 7.84. The first-order chi connectivity index (χ1) is 11.3. The van der Waals surface area contributed by atoms with Crippen molar-refractivity contribution < 1.29 is 4.79 Å². The number of benzene rings is 1. The summed E-state index contributed by atoms with van der Waals surface area (Å²) in [6.07, 6.45) is 4.52. The number of carbonyl (C=O) groups excluding carboxylic acids is 1. The van der Waals surface area contributed by atoms with Crippen molar-refractivity contribution >= 4 is 16.9 Å². The van der Waals surface area contributed by atoms with Gasteiger partial charge in [0.25, 0.3) is 0 Å². The Morgan fingerprint density at radius 2 is 2.17 bits per heavy atom. The van der Waals surface area contributed by atoms with Gasteiger partial charge in [0, 0.05) is 26.1 Å². The molecule has 23 heavy (non-hydrogen) atoms. The number of amides is 1. The highest BCUT2D eigenvalue weighted by molar-refractivity contribution is 5.78. The highest BCUT2D eigenvalue weighted by Gasteiger charge is 2.33. The second kappa shape index (κ2) is 5.83. The van der Waals surface area contributed by atoms with Gasteiger partial charge in [-0.15, -0.1) is 0 Å². The van der Waals surface area contributed by atoms with Crippen LogP contribution in [0.15, 0.2) is 36.9 Å². The van der Waals surface area contributed by atoms with E-state index in [4.69, 9.17) is 0 Å². The summed E-state index contributed by atoms with van der Waals surface area (Å²) in [5.74, 6) is 1.51.